The van der Waals surface area contributed by atoms with Crippen molar-refractivity contribution >= 4 is 33.5 Å². The molecular weight excluding hydrogens is 322 g/mol. The Kier molecular flexibility index (Phi) is 3.67. The van der Waals surface area contributed by atoms with Gasteiger partial charge in [0.05, 0.1) is 23.8 Å². The number of anilines is 1. The molecule has 0 N–H and O–H groups in total. The third-order valence-corrected chi connectivity index (χ3v) is 4.10. The maximum atomic E-state index is 12.7. The van der Waals surface area contributed by atoms with Crippen LogP contribution in [0.4, 0.5) is 5.69 Å². The van der Waals surface area contributed by atoms with Crippen LogP contribution < -0.4 is 4.90 Å². The van der Waals surface area contributed by atoms with Gasteiger partial charge >= 0.3 is 5.97 Å². The van der Waals surface area contributed by atoms with Crippen LogP contribution in [0.2, 0.25) is 0 Å². The third-order valence-electron chi connectivity index (χ3n) is 3.64. The Hall–Kier alpha value is -1.36. The fraction of sp³-hybridized carbons (Fsp3) is 0.467. The molecule has 0 spiro atoms. The summed E-state index contributed by atoms with van der Waals surface area (Å²) in [5.74, 6) is -0.417. The first-order valence-corrected chi connectivity index (χ1v) is 7.27. The van der Waals surface area contributed by atoms with Gasteiger partial charge in [0, 0.05) is 16.1 Å². The lowest BCUT2D eigenvalue weighted by Crippen LogP contribution is -2.40. The first-order chi connectivity index (χ1) is 9.21. The summed E-state index contributed by atoms with van der Waals surface area (Å²) in [6.07, 6.45) is 0. The molecule has 0 saturated heterocycles. The Morgan fingerprint density at radius 2 is 1.95 bits per heavy atom. The summed E-state index contributed by atoms with van der Waals surface area (Å²) in [5, 5.41) is 0. The predicted molar refractivity (Wildman–Crippen MR) is 81.1 cm³/mol. The number of carbonyl (C=O) groups is 2. The summed E-state index contributed by atoms with van der Waals surface area (Å²) in [4.78, 5) is 26.4. The minimum atomic E-state index is -0.732. The normalized spacial score (nSPS) is 16.6. The molecule has 0 aromatic heterocycles. The first kappa shape index (κ1) is 15.0. The zero-order chi connectivity index (χ0) is 15.2. The maximum Gasteiger partial charge on any atom is 0.338 e. The number of hydrogen-bond donors (Lipinski definition) is 0. The number of nitrogens with zero attached hydrogens (tertiary/aromatic N) is 1. The SMILES string of the molecule is COC(=O)c1cc(Br)cc2c1C(C)(C)C(=O)N2C(C)C. The average Bonchev–Trinajstić information content (AvgIpc) is 2.55. The molecule has 108 valence electrons. The van der Waals surface area contributed by atoms with Crippen molar-refractivity contribution in [2.24, 2.45) is 0 Å². The largest absolute Gasteiger partial charge is 0.465 e. The quantitative estimate of drug-likeness (QED) is 0.777. The molecule has 0 atom stereocenters. The van der Waals surface area contributed by atoms with Crippen molar-refractivity contribution in [3.05, 3.63) is 27.7 Å². The number of halogens is 1. The van der Waals surface area contributed by atoms with E-state index >= 15 is 0 Å². The highest BCUT2D eigenvalue weighted by molar-refractivity contribution is 9.10. The Morgan fingerprint density at radius 1 is 1.35 bits per heavy atom. The molecule has 0 unspecified atom stereocenters. The van der Waals surface area contributed by atoms with Gasteiger partial charge in [-0.1, -0.05) is 15.9 Å². The van der Waals surface area contributed by atoms with Gasteiger partial charge in [0.2, 0.25) is 5.91 Å². The van der Waals surface area contributed by atoms with E-state index in [-0.39, 0.29) is 11.9 Å². The Balaban J connectivity index is 2.79. The summed E-state index contributed by atoms with van der Waals surface area (Å²) < 4.78 is 5.61. The van der Waals surface area contributed by atoms with Crippen molar-refractivity contribution in [2.75, 3.05) is 12.0 Å². The second-order valence-corrected chi connectivity index (χ2v) is 6.65. The minimum absolute atomic E-state index is 0.00533. The first-order valence-electron chi connectivity index (χ1n) is 6.47. The molecule has 1 heterocycles. The molecule has 1 aliphatic heterocycles. The van der Waals surface area contributed by atoms with Gasteiger partial charge in [0.25, 0.3) is 0 Å². The molecule has 0 bridgehead atoms. The van der Waals surface area contributed by atoms with E-state index < -0.39 is 11.4 Å². The van der Waals surface area contributed by atoms with Crippen LogP contribution in [0, 0.1) is 0 Å². The molecule has 0 aliphatic carbocycles. The molecule has 1 aliphatic rings. The zero-order valence-corrected chi connectivity index (χ0v) is 13.9. The molecule has 1 aromatic carbocycles. The second-order valence-electron chi connectivity index (χ2n) is 5.73. The monoisotopic (exact) mass is 339 g/mol. The molecule has 2 rings (SSSR count). The summed E-state index contributed by atoms with van der Waals surface area (Å²) in [6.45, 7) is 7.61. The lowest BCUT2D eigenvalue weighted by atomic mass is 9.83. The van der Waals surface area contributed by atoms with Crippen molar-refractivity contribution in [3.63, 3.8) is 0 Å². The molecule has 1 amide bonds. The summed E-state index contributed by atoms with van der Waals surface area (Å²) in [7, 11) is 1.35. The van der Waals surface area contributed by atoms with E-state index in [9.17, 15) is 9.59 Å². The van der Waals surface area contributed by atoms with Crippen molar-refractivity contribution in [2.45, 2.75) is 39.2 Å². The molecule has 0 radical (unpaired) electrons. The number of esters is 1. The standard InChI is InChI=1S/C15H18BrNO3/c1-8(2)17-11-7-9(16)6-10(13(18)20-5)12(11)15(3,4)14(17)19/h6-8H,1-5H3. The van der Waals surface area contributed by atoms with Gasteiger partial charge in [0.15, 0.2) is 0 Å². The predicted octanol–water partition coefficient (Wildman–Crippen LogP) is 3.27. The zero-order valence-electron chi connectivity index (χ0n) is 12.3. The minimum Gasteiger partial charge on any atom is -0.465 e. The Labute approximate surface area is 127 Å². The maximum absolute atomic E-state index is 12.7. The fourth-order valence-electron chi connectivity index (χ4n) is 2.74. The summed E-state index contributed by atoms with van der Waals surface area (Å²) in [5.41, 5.74) is 1.23. The number of ether oxygens (including phenoxy) is 1. The van der Waals surface area contributed by atoms with E-state index in [1.807, 2.05) is 33.8 Å². The molecule has 0 saturated carbocycles. The van der Waals surface area contributed by atoms with Gasteiger partial charge in [-0.3, -0.25) is 4.79 Å². The molecule has 1 aromatic rings. The number of rotatable bonds is 2. The van der Waals surface area contributed by atoms with Crippen molar-refractivity contribution in [1.82, 2.24) is 0 Å². The van der Waals surface area contributed by atoms with Crippen LogP contribution in [-0.4, -0.2) is 25.0 Å². The lowest BCUT2D eigenvalue weighted by molar-refractivity contribution is -0.122. The van der Waals surface area contributed by atoms with Gasteiger partial charge in [-0.2, -0.15) is 0 Å². The molecule has 5 heteroatoms. The fourth-order valence-corrected chi connectivity index (χ4v) is 3.19. The number of hydrogen-bond acceptors (Lipinski definition) is 3. The van der Waals surface area contributed by atoms with Crippen LogP contribution in [0.5, 0.6) is 0 Å². The molecule has 4 nitrogen and oxygen atoms in total. The lowest BCUT2D eigenvalue weighted by Gasteiger charge is -2.24. The van der Waals surface area contributed by atoms with Crippen LogP contribution >= 0.6 is 15.9 Å². The second kappa shape index (κ2) is 4.88. The topological polar surface area (TPSA) is 46.6 Å². The molecular formula is C15H18BrNO3. The van der Waals surface area contributed by atoms with Crippen molar-refractivity contribution in [3.8, 4) is 0 Å². The van der Waals surface area contributed by atoms with Crippen LogP contribution in [0.15, 0.2) is 16.6 Å². The van der Waals surface area contributed by atoms with Crippen LogP contribution in [0.3, 0.4) is 0 Å². The Morgan fingerprint density at radius 3 is 2.45 bits per heavy atom. The van der Waals surface area contributed by atoms with E-state index in [1.54, 1.807) is 11.0 Å². The van der Waals surface area contributed by atoms with Crippen LogP contribution in [-0.2, 0) is 14.9 Å². The van der Waals surface area contributed by atoms with E-state index in [2.05, 4.69) is 15.9 Å². The highest BCUT2D eigenvalue weighted by Gasteiger charge is 2.47. The van der Waals surface area contributed by atoms with Crippen LogP contribution in [0.25, 0.3) is 0 Å². The van der Waals surface area contributed by atoms with Gasteiger partial charge in [-0.05, 0) is 39.8 Å². The smallest absolute Gasteiger partial charge is 0.338 e. The van der Waals surface area contributed by atoms with Gasteiger partial charge < -0.3 is 9.64 Å². The van der Waals surface area contributed by atoms with E-state index in [1.165, 1.54) is 7.11 Å². The number of benzene rings is 1. The van der Waals surface area contributed by atoms with Gasteiger partial charge in [-0.25, -0.2) is 4.79 Å². The number of amides is 1. The van der Waals surface area contributed by atoms with Crippen molar-refractivity contribution < 1.29 is 14.3 Å². The van der Waals surface area contributed by atoms with Gasteiger partial charge in [0.1, 0.15) is 0 Å². The highest BCUT2D eigenvalue weighted by atomic mass is 79.9. The number of methoxy groups -OCH3 is 1. The molecule has 0 fully saturated rings. The Bertz CT molecular complexity index is 593. The third kappa shape index (κ3) is 2.04. The van der Waals surface area contributed by atoms with E-state index in [4.69, 9.17) is 4.74 Å². The van der Waals surface area contributed by atoms with E-state index in [0.29, 0.717) is 5.56 Å². The van der Waals surface area contributed by atoms with Gasteiger partial charge in [-0.15, -0.1) is 0 Å². The number of fused-ring (bicyclic) bond motifs is 1. The number of carbonyl (C=O) groups excluding carboxylic acids is 2. The summed E-state index contributed by atoms with van der Waals surface area (Å²) in [6, 6.07) is 3.63. The van der Waals surface area contributed by atoms with Crippen LogP contribution in [0.1, 0.15) is 43.6 Å². The highest BCUT2D eigenvalue weighted by Crippen LogP contribution is 2.46. The van der Waals surface area contributed by atoms with Crippen molar-refractivity contribution in [1.29, 1.82) is 0 Å². The molecule has 20 heavy (non-hydrogen) atoms. The van der Waals surface area contributed by atoms with E-state index in [0.717, 1.165) is 15.7 Å². The average molecular weight is 340 g/mol. The summed E-state index contributed by atoms with van der Waals surface area (Å²) >= 11 is 3.40.